The predicted octanol–water partition coefficient (Wildman–Crippen LogP) is 3.43. The van der Waals surface area contributed by atoms with E-state index in [1.807, 2.05) is 24.3 Å². The van der Waals surface area contributed by atoms with Crippen LogP contribution in [0.3, 0.4) is 0 Å². The summed E-state index contributed by atoms with van der Waals surface area (Å²) in [5, 5.41) is 3.28. The first-order valence-electron chi connectivity index (χ1n) is 5.65. The molecule has 0 aliphatic heterocycles. The van der Waals surface area contributed by atoms with Gasteiger partial charge in [0, 0.05) is 33.1 Å². The summed E-state index contributed by atoms with van der Waals surface area (Å²) in [5.41, 5.74) is 7.17. The first-order chi connectivity index (χ1) is 9.10. The lowest BCUT2D eigenvalue weighted by molar-refractivity contribution is 0.0963. The molecule has 0 saturated heterocycles. The van der Waals surface area contributed by atoms with Crippen molar-refractivity contribution in [2.45, 2.75) is 9.79 Å². The third kappa shape index (κ3) is 3.43. The molecule has 0 heterocycles. The Balaban J connectivity index is 2.28. The first kappa shape index (κ1) is 13.8. The predicted molar refractivity (Wildman–Crippen MR) is 79.8 cm³/mol. The van der Waals surface area contributed by atoms with Gasteiger partial charge in [-0.15, -0.1) is 0 Å². The Kier molecular flexibility index (Phi) is 4.35. The van der Waals surface area contributed by atoms with Gasteiger partial charge in [0.15, 0.2) is 0 Å². The highest BCUT2D eigenvalue weighted by Crippen LogP contribution is 2.33. The van der Waals surface area contributed by atoms with Gasteiger partial charge in [0.2, 0.25) is 0 Å². The summed E-state index contributed by atoms with van der Waals surface area (Å²) in [4.78, 5) is 13.5. The molecule has 0 aliphatic rings. The summed E-state index contributed by atoms with van der Waals surface area (Å²) in [6.45, 7) is 0. The molecule has 0 unspecified atom stereocenters. The van der Waals surface area contributed by atoms with E-state index in [-0.39, 0.29) is 5.91 Å². The Bertz CT molecular complexity index is 599. The third-order valence-corrected chi connectivity index (χ3v) is 3.88. The lowest BCUT2D eigenvalue weighted by Crippen LogP contribution is -2.17. The van der Waals surface area contributed by atoms with Gasteiger partial charge in [-0.3, -0.25) is 4.79 Å². The topological polar surface area (TPSA) is 55.1 Å². The van der Waals surface area contributed by atoms with Gasteiger partial charge in [-0.25, -0.2) is 0 Å². The van der Waals surface area contributed by atoms with Gasteiger partial charge in [-0.05, 0) is 42.5 Å². The van der Waals surface area contributed by atoms with Crippen LogP contribution in [0.25, 0.3) is 0 Å². The number of rotatable bonds is 3. The maximum atomic E-state index is 11.6. The summed E-state index contributed by atoms with van der Waals surface area (Å²) in [6, 6.07) is 12.7. The van der Waals surface area contributed by atoms with Crippen LogP contribution in [0.1, 0.15) is 10.4 Å². The lowest BCUT2D eigenvalue weighted by Gasteiger charge is -2.08. The molecule has 0 aromatic heterocycles. The van der Waals surface area contributed by atoms with Crippen LogP contribution in [0.5, 0.6) is 0 Å². The summed E-state index contributed by atoms with van der Waals surface area (Å²) in [5.74, 6) is -0.127. The van der Waals surface area contributed by atoms with Crippen molar-refractivity contribution in [2.75, 3.05) is 12.8 Å². The van der Waals surface area contributed by atoms with E-state index >= 15 is 0 Å². The largest absolute Gasteiger partial charge is 0.398 e. The fourth-order valence-corrected chi connectivity index (χ4v) is 2.56. The second-order valence-corrected chi connectivity index (χ2v) is 5.44. The van der Waals surface area contributed by atoms with E-state index < -0.39 is 0 Å². The molecule has 2 aromatic rings. The second-order valence-electron chi connectivity index (χ2n) is 3.89. The van der Waals surface area contributed by atoms with Gasteiger partial charge in [-0.2, -0.15) is 0 Å². The van der Waals surface area contributed by atoms with Crippen LogP contribution in [0.2, 0.25) is 5.02 Å². The van der Waals surface area contributed by atoms with Crippen LogP contribution in [-0.2, 0) is 0 Å². The Morgan fingerprint density at radius 1 is 1.21 bits per heavy atom. The number of hydrogen-bond acceptors (Lipinski definition) is 3. The average molecular weight is 293 g/mol. The highest BCUT2D eigenvalue weighted by Gasteiger charge is 2.08. The van der Waals surface area contributed by atoms with E-state index in [4.69, 9.17) is 17.3 Å². The molecule has 0 radical (unpaired) electrons. The Morgan fingerprint density at radius 3 is 2.53 bits per heavy atom. The van der Waals surface area contributed by atoms with E-state index in [9.17, 15) is 4.79 Å². The number of nitrogens with two attached hydrogens (primary N) is 1. The van der Waals surface area contributed by atoms with E-state index in [2.05, 4.69) is 5.32 Å². The smallest absolute Gasteiger partial charge is 0.251 e. The average Bonchev–Trinajstić information content (AvgIpc) is 2.43. The minimum atomic E-state index is -0.127. The molecule has 0 spiro atoms. The fraction of sp³-hybridized carbons (Fsp3) is 0.0714. The minimum absolute atomic E-state index is 0.127. The van der Waals surface area contributed by atoms with Crippen LogP contribution in [0.15, 0.2) is 52.3 Å². The van der Waals surface area contributed by atoms with E-state index in [1.54, 1.807) is 25.2 Å². The standard InChI is InChI=1S/C14H13ClN2OS/c1-17-14(18)9-2-7-12(16)13(8-9)19-11-5-3-10(15)4-6-11/h2-8H,16H2,1H3,(H,17,18). The van der Waals surface area contributed by atoms with Crippen molar-refractivity contribution in [2.24, 2.45) is 0 Å². The molecule has 3 nitrogen and oxygen atoms in total. The lowest BCUT2D eigenvalue weighted by atomic mass is 10.2. The number of amides is 1. The van der Waals surface area contributed by atoms with Gasteiger partial charge < -0.3 is 11.1 Å². The summed E-state index contributed by atoms with van der Waals surface area (Å²) in [6.07, 6.45) is 0. The van der Waals surface area contributed by atoms with Gasteiger partial charge in [0.1, 0.15) is 0 Å². The molecule has 0 atom stereocenters. The maximum Gasteiger partial charge on any atom is 0.251 e. The van der Waals surface area contributed by atoms with E-state index in [0.29, 0.717) is 16.3 Å². The Hall–Kier alpha value is -1.65. The summed E-state index contributed by atoms with van der Waals surface area (Å²) < 4.78 is 0. The zero-order chi connectivity index (χ0) is 13.8. The van der Waals surface area contributed by atoms with Crippen molar-refractivity contribution in [3.8, 4) is 0 Å². The zero-order valence-corrected chi connectivity index (χ0v) is 11.9. The normalized spacial score (nSPS) is 10.2. The van der Waals surface area contributed by atoms with E-state index in [0.717, 1.165) is 9.79 Å². The monoisotopic (exact) mass is 292 g/mol. The van der Waals surface area contributed by atoms with Crippen LogP contribution in [0, 0.1) is 0 Å². The second kappa shape index (κ2) is 5.99. The van der Waals surface area contributed by atoms with Gasteiger partial charge in [0.25, 0.3) is 5.91 Å². The molecule has 19 heavy (non-hydrogen) atoms. The molecular formula is C14H13ClN2OS. The number of anilines is 1. The van der Waals surface area contributed by atoms with Crippen molar-refractivity contribution in [3.63, 3.8) is 0 Å². The highest BCUT2D eigenvalue weighted by atomic mass is 35.5. The van der Waals surface area contributed by atoms with Crippen LogP contribution >= 0.6 is 23.4 Å². The highest BCUT2D eigenvalue weighted by molar-refractivity contribution is 7.99. The molecule has 0 fully saturated rings. The summed E-state index contributed by atoms with van der Waals surface area (Å²) in [7, 11) is 1.60. The maximum absolute atomic E-state index is 11.6. The minimum Gasteiger partial charge on any atom is -0.398 e. The van der Waals surface area contributed by atoms with Gasteiger partial charge >= 0.3 is 0 Å². The molecule has 98 valence electrons. The van der Waals surface area contributed by atoms with Crippen LogP contribution in [0.4, 0.5) is 5.69 Å². The molecule has 0 saturated carbocycles. The molecule has 3 N–H and O–H groups in total. The molecule has 5 heteroatoms. The van der Waals surface area contributed by atoms with Crippen molar-refractivity contribution >= 4 is 35.0 Å². The number of benzene rings is 2. The third-order valence-electron chi connectivity index (χ3n) is 2.54. The number of nitrogens with one attached hydrogen (secondary N) is 1. The molecule has 1 amide bonds. The van der Waals surface area contributed by atoms with Gasteiger partial charge in [-0.1, -0.05) is 23.4 Å². The van der Waals surface area contributed by atoms with Crippen molar-refractivity contribution in [1.82, 2.24) is 5.32 Å². The molecule has 2 aromatic carbocycles. The zero-order valence-electron chi connectivity index (χ0n) is 10.3. The van der Waals surface area contributed by atoms with Crippen molar-refractivity contribution in [1.29, 1.82) is 0 Å². The van der Waals surface area contributed by atoms with Crippen LogP contribution < -0.4 is 11.1 Å². The van der Waals surface area contributed by atoms with Crippen molar-refractivity contribution in [3.05, 3.63) is 53.1 Å². The SMILES string of the molecule is CNC(=O)c1ccc(N)c(Sc2ccc(Cl)cc2)c1. The van der Waals surface area contributed by atoms with Crippen LogP contribution in [-0.4, -0.2) is 13.0 Å². The number of nitrogen functional groups attached to an aromatic ring is 1. The Labute approximate surface area is 121 Å². The molecule has 0 aliphatic carbocycles. The molecule has 2 rings (SSSR count). The number of hydrogen-bond donors (Lipinski definition) is 2. The van der Waals surface area contributed by atoms with Crippen molar-refractivity contribution < 1.29 is 4.79 Å². The molecular weight excluding hydrogens is 280 g/mol. The Morgan fingerprint density at radius 2 is 1.89 bits per heavy atom. The fourth-order valence-electron chi connectivity index (χ4n) is 1.54. The van der Waals surface area contributed by atoms with E-state index in [1.165, 1.54) is 11.8 Å². The molecule has 0 bridgehead atoms. The number of carbonyl (C=O) groups excluding carboxylic acids is 1. The number of carbonyl (C=O) groups is 1. The summed E-state index contributed by atoms with van der Waals surface area (Å²) >= 11 is 7.35. The first-order valence-corrected chi connectivity index (χ1v) is 6.84. The quantitative estimate of drug-likeness (QED) is 0.852. The number of halogens is 1. The van der Waals surface area contributed by atoms with Gasteiger partial charge in [0.05, 0.1) is 0 Å².